The van der Waals surface area contributed by atoms with Crippen LogP contribution in [0.2, 0.25) is 4.34 Å². The van der Waals surface area contributed by atoms with Gasteiger partial charge in [0.15, 0.2) is 5.13 Å². The van der Waals surface area contributed by atoms with Crippen molar-refractivity contribution in [3.05, 3.63) is 33.8 Å². The molecule has 0 aliphatic rings. The van der Waals surface area contributed by atoms with Gasteiger partial charge in [-0.2, -0.15) is 0 Å². The predicted octanol–water partition coefficient (Wildman–Crippen LogP) is 3.34. The molecule has 2 aromatic rings. The number of carboxylic acids is 1. The molecule has 0 saturated heterocycles. The van der Waals surface area contributed by atoms with E-state index in [0.29, 0.717) is 24.0 Å². The Morgan fingerprint density at radius 1 is 1.25 bits per heavy atom. The fraction of sp³-hybridized carbons (Fsp3) is 0.333. The van der Waals surface area contributed by atoms with Gasteiger partial charge in [-0.25, -0.2) is 4.98 Å². The Bertz CT molecular complexity index is 897. The van der Waals surface area contributed by atoms with Crippen molar-refractivity contribution in [1.82, 2.24) is 4.98 Å². The van der Waals surface area contributed by atoms with Crippen LogP contribution in [-0.2, 0) is 20.8 Å². The van der Waals surface area contributed by atoms with Crippen LogP contribution in [0.5, 0.6) is 5.75 Å². The number of hydrogen-bond acceptors (Lipinski definition) is 6. The van der Waals surface area contributed by atoms with E-state index >= 15 is 0 Å². The molecule has 2 rings (SSSR count). The maximum atomic E-state index is 12.2. The van der Waals surface area contributed by atoms with E-state index in [-0.39, 0.29) is 21.6 Å². The minimum absolute atomic E-state index is 0.0431. The molecule has 0 radical (unpaired) electrons. The Morgan fingerprint density at radius 3 is 2.57 bits per heavy atom. The number of aryl methyl sites for hydroxylation is 1. The van der Waals surface area contributed by atoms with Crippen molar-refractivity contribution in [2.24, 2.45) is 5.92 Å². The topological polar surface area (TPSA) is 118 Å². The van der Waals surface area contributed by atoms with Gasteiger partial charge in [-0.1, -0.05) is 42.9 Å². The number of benzene rings is 1. The summed E-state index contributed by atoms with van der Waals surface area (Å²) in [4.78, 5) is 39.1. The fourth-order valence-corrected chi connectivity index (χ4v) is 3.11. The third kappa shape index (κ3) is 6.21. The minimum Gasteiger partial charge on any atom is -0.491 e. The SMILES string of the molecule is Cc1ccc(NC(=O)C(=O)Nc2nc(CC(=O)O)c(Cl)s2)c(OCC(C)C)c1. The van der Waals surface area contributed by atoms with E-state index in [0.717, 1.165) is 16.9 Å². The zero-order valence-electron chi connectivity index (χ0n) is 15.5. The molecule has 0 spiro atoms. The molecule has 0 fully saturated rings. The maximum Gasteiger partial charge on any atom is 0.315 e. The van der Waals surface area contributed by atoms with E-state index in [2.05, 4.69) is 15.6 Å². The van der Waals surface area contributed by atoms with Gasteiger partial charge in [0.1, 0.15) is 10.1 Å². The Labute approximate surface area is 170 Å². The van der Waals surface area contributed by atoms with Gasteiger partial charge in [0.2, 0.25) is 0 Å². The molecule has 0 aliphatic carbocycles. The number of carbonyl (C=O) groups excluding carboxylic acids is 2. The second-order valence-electron chi connectivity index (χ2n) is 6.42. The van der Waals surface area contributed by atoms with Gasteiger partial charge in [-0.3, -0.25) is 19.7 Å². The molecule has 0 bridgehead atoms. The van der Waals surface area contributed by atoms with Crippen LogP contribution in [0.4, 0.5) is 10.8 Å². The highest BCUT2D eigenvalue weighted by Crippen LogP contribution is 2.29. The molecule has 10 heteroatoms. The number of nitrogens with one attached hydrogen (secondary N) is 2. The number of ether oxygens (including phenoxy) is 1. The van der Waals surface area contributed by atoms with Crippen LogP contribution >= 0.6 is 22.9 Å². The van der Waals surface area contributed by atoms with E-state index in [9.17, 15) is 14.4 Å². The summed E-state index contributed by atoms with van der Waals surface area (Å²) < 4.78 is 5.84. The van der Waals surface area contributed by atoms with E-state index in [1.807, 2.05) is 20.8 Å². The second-order valence-corrected chi connectivity index (χ2v) is 8.02. The lowest BCUT2D eigenvalue weighted by Crippen LogP contribution is -2.29. The zero-order chi connectivity index (χ0) is 20.8. The lowest BCUT2D eigenvalue weighted by molar-refractivity contribution is -0.136. The highest BCUT2D eigenvalue weighted by Gasteiger charge is 2.20. The second kappa shape index (κ2) is 9.52. The molecule has 1 aromatic heterocycles. The van der Waals surface area contributed by atoms with Gasteiger partial charge >= 0.3 is 17.8 Å². The normalized spacial score (nSPS) is 10.6. The average Bonchev–Trinajstić information content (AvgIpc) is 2.93. The van der Waals surface area contributed by atoms with E-state index in [4.69, 9.17) is 21.4 Å². The summed E-state index contributed by atoms with van der Waals surface area (Å²) >= 11 is 6.78. The number of anilines is 2. The summed E-state index contributed by atoms with van der Waals surface area (Å²) in [7, 11) is 0. The Balaban J connectivity index is 2.06. The molecule has 3 N–H and O–H groups in total. The molecule has 8 nitrogen and oxygen atoms in total. The van der Waals surface area contributed by atoms with Crippen LogP contribution < -0.4 is 15.4 Å². The Hall–Kier alpha value is -2.65. The average molecular weight is 426 g/mol. The van der Waals surface area contributed by atoms with Crippen molar-refractivity contribution in [2.75, 3.05) is 17.2 Å². The van der Waals surface area contributed by atoms with Crippen LogP contribution in [-0.4, -0.2) is 34.5 Å². The standard InChI is InChI=1S/C18H20ClN3O5S/c1-9(2)8-27-13-6-10(3)4-5-11(13)20-16(25)17(26)22-18-21-12(7-14(23)24)15(19)28-18/h4-6,9H,7-8H2,1-3H3,(H,20,25)(H,23,24)(H,21,22,26). The fourth-order valence-electron chi connectivity index (χ4n) is 2.08. The van der Waals surface area contributed by atoms with Gasteiger partial charge < -0.3 is 15.2 Å². The summed E-state index contributed by atoms with van der Waals surface area (Å²) in [5.74, 6) is -2.21. The monoisotopic (exact) mass is 425 g/mol. The van der Waals surface area contributed by atoms with Crippen LogP contribution in [0.1, 0.15) is 25.1 Å². The first-order chi connectivity index (χ1) is 13.2. The van der Waals surface area contributed by atoms with Gasteiger partial charge in [-0.15, -0.1) is 0 Å². The summed E-state index contributed by atoms with van der Waals surface area (Å²) in [6.07, 6.45) is -0.378. The molecule has 0 saturated carbocycles. The number of nitrogens with zero attached hydrogens (tertiary/aromatic N) is 1. The number of aromatic nitrogens is 1. The number of carbonyl (C=O) groups is 3. The van der Waals surface area contributed by atoms with Gasteiger partial charge in [0, 0.05) is 0 Å². The van der Waals surface area contributed by atoms with Crippen LogP contribution in [0.25, 0.3) is 0 Å². The van der Waals surface area contributed by atoms with E-state index in [1.165, 1.54) is 0 Å². The third-order valence-electron chi connectivity index (χ3n) is 3.35. The largest absolute Gasteiger partial charge is 0.491 e. The van der Waals surface area contributed by atoms with Crippen molar-refractivity contribution in [3.8, 4) is 5.75 Å². The first-order valence-electron chi connectivity index (χ1n) is 8.38. The number of amides is 2. The number of halogens is 1. The van der Waals surface area contributed by atoms with Gasteiger partial charge in [0.25, 0.3) is 0 Å². The summed E-state index contributed by atoms with van der Waals surface area (Å²) in [6.45, 7) is 6.35. The summed E-state index contributed by atoms with van der Waals surface area (Å²) in [5.41, 5.74) is 1.44. The quantitative estimate of drug-likeness (QED) is 0.585. The smallest absolute Gasteiger partial charge is 0.315 e. The molecule has 0 atom stereocenters. The lowest BCUT2D eigenvalue weighted by Gasteiger charge is -2.14. The van der Waals surface area contributed by atoms with Crippen LogP contribution in [0, 0.1) is 12.8 Å². The molecular weight excluding hydrogens is 406 g/mol. The number of carboxylic acid groups (broad SMARTS) is 1. The summed E-state index contributed by atoms with van der Waals surface area (Å²) in [5, 5.41) is 13.7. The van der Waals surface area contributed by atoms with Gasteiger partial charge in [-0.05, 0) is 30.5 Å². The molecule has 0 aliphatic heterocycles. The van der Waals surface area contributed by atoms with Crippen molar-refractivity contribution in [3.63, 3.8) is 0 Å². The predicted molar refractivity (Wildman–Crippen MR) is 107 cm³/mol. The van der Waals surface area contributed by atoms with Crippen molar-refractivity contribution in [2.45, 2.75) is 27.2 Å². The first kappa shape index (κ1) is 21.6. The lowest BCUT2D eigenvalue weighted by atomic mass is 10.2. The number of hydrogen-bond donors (Lipinski definition) is 3. The van der Waals surface area contributed by atoms with Crippen molar-refractivity contribution in [1.29, 1.82) is 0 Å². The molecule has 2 amide bonds. The highest BCUT2D eigenvalue weighted by molar-refractivity contribution is 7.19. The number of rotatable bonds is 7. The number of thiazole rings is 1. The molecule has 150 valence electrons. The van der Waals surface area contributed by atoms with E-state index < -0.39 is 17.8 Å². The van der Waals surface area contributed by atoms with Crippen LogP contribution in [0.3, 0.4) is 0 Å². The van der Waals surface area contributed by atoms with Crippen molar-refractivity contribution >= 4 is 51.5 Å². The molecule has 28 heavy (non-hydrogen) atoms. The molecule has 1 heterocycles. The molecule has 0 unspecified atom stereocenters. The summed E-state index contributed by atoms with van der Waals surface area (Å²) in [6, 6.07) is 5.21. The Kier molecular flexibility index (Phi) is 7.36. The van der Waals surface area contributed by atoms with E-state index in [1.54, 1.807) is 18.2 Å². The zero-order valence-corrected chi connectivity index (χ0v) is 17.1. The molecular formula is C18H20ClN3O5S. The first-order valence-corrected chi connectivity index (χ1v) is 9.58. The van der Waals surface area contributed by atoms with Crippen LogP contribution in [0.15, 0.2) is 18.2 Å². The molecule has 1 aromatic carbocycles. The van der Waals surface area contributed by atoms with Crippen molar-refractivity contribution < 1.29 is 24.2 Å². The number of aliphatic carboxylic acids is 1. The maximum absolute atomic E-state index is 12.2. The third-order valence-corrected chi connectivity index (χ3v) is 4.60. The Morgan fingerprint density at radius 2 is 1.93 bits per heavy atom. The highest BCUT2D eigenvalue weighted by atomic mass is 35.5. The minimum atomic E-state index is -1.10. The van der Waals surface area contributed by atoms with Gasteiger partial charge in [0.05, 0.1) is 24.4 Å².